The van der Waals surface area contributed by atoms with E-state index in [1.807, 2.05) is 0 Å². The summed E-state index contributed by atoms with van der Waals surface area (Å²) in [5.74, 6) is 0.954. The molecule has 0 aromatic carbocycles. The Morgan fingerprint density at radius 3 is 2.06 bits per heavy atom. The van der Waals surface area contributed by atoms with Gasteiger partial charge in [-0.15, -0.1) is 0 Å². The van der Waals surface area contributed by atoms with E-state index in [4.69, 9.17) is 0 Å². The maximum absolute atomic E-state index is 2.72. The zero-order valence-corrected chi connectivity index (χ0v) is 12.9. The van der Waals surface area contributed by atoms with Crippen molar-refractivity contribution in [2.24, 2.45) is 5.92 Å². The molecule has 106 valence electrons. The molecule has 0 saturated carbocycles. The predicted molar refractivity (Wildman–Crippen MR) is 78.9 cm³/mol. The first-order valence-electron chi connectivity index (χ1n) is 7.98. The summed E-state index contributed by atoms with van der Waals surface area (Å²) in [7, 11) is 0. The van der Waals surface area contributed by atoms with Gasteiger partial charge in [-0.3, -0.25) is 4.90 Å². The molecular formula is C16H32N2. The lowest BCUT2D eigenvalue weighted by molar-refractivity contribution is 0.0844. The molecule has 0 atom stereocenters. The van der Waals surface area contributed by atoms with Crippen LogP contribution < -0.4 is 0 Å². The van der Waals surface area contributed by atoms with Crippen LogP contribution in [-0.4, -0.2) is 47.6 Å². The standard InChI is InChI=1S/C16H32N2/c1-14(2)17-11-7-15(8-12-17)13-16(3,4)18-9-5-6-10-18/h14-15H,5-13H2,1-4H3. The Bertz CT molecular complexity index is 246. The van der Waals surface area contributed by atoms with Crippen LogP contribution in [0, 0.1) is 5.92 Å². The Morgan fingerprint density at radius 1 is 1.00 bits per heavy atom. The van der Waals surface area contributed by atoms with Gasteiger partial charge in [0.2, 0.25) is 0 Å². The lowest BCUT2D eigenvalue weighted by atomic mass is 9.83. The van der Waals surface area contributed by atoms with Crippen LogP contribution in [-0.2, 0) is 0 Å². The van der Waals surface area contributed by atoms with Gasteiger partial charge in [0, 0.05) is 11.6 Å². The Labute approximate surface area is 114 Å². The van der Waals surface area contributed by atoms with Crippen LogP contribution in [0.3, 0.4) is 0 Å². The van der Waals surface area contributed by atoms with Gasteiger partial charge in [0.05, 0.1) is 0 Å². The van der Waals surface area contributed by atoms with Crippen LogP contribution in [0.15, 0.2) is 0 Å². The third-order valence-electron chi connectivity index (χ3n) is 5.13. The van der Waals surface area contributed by atoms with Gasteiger partial charge < -0.3 is 4.90 Å². The van der Waals surface area contributed by atoms with Crippen molar-refractivity contribution >= 4 is 0 Å². The quantitative estimate of drug-likeness (QED) is 0.757. The second-order valence-electron chi connectivity index (χ2n) is 7.28. The van der Waals surface area contributed by atoms with E-state index in [0.29, 0.717) is 5.54 Å². The SMILES string of the molecule is CC(C)N1CCC(CC(C)(C)N2CCCC2)CC1. The largest absolute Gasteiger partial charge is 0.301 e. The molecule has 2 aliphatic rings. The van der Waals surface area contributed by atoms with E-state index in [-0.39, 0.29) is 0 Å². The van der Waals surface area contributed by atoms with E-state index in [1.54, 1.807) is 0 Å². The number of nitrogens with zero attached hydrogens (tertiary/aromatic N) is 2. The lowest BCUT2D eigenvalue weighted by Crippen LogP contribution is -2.45. The molecule has 0 radical (unpaired) electrons. The fourth-order valence-electron chi connectivity index (χ4n) is 3.83. The summed E-state index contributed by atoms with van der Waals surface area (Å²) < 4.78 is 0. The van der Waals surface area contributed by atoms with E-state index in [1.165, 1.54) is 58.3 Å². The molecular weight excluding hydrogens is 220 g/mol. The second-order valence-corrected chi connectivity index (χ2v) is 7.28. The fourth-order valence-corrected chi connectivity index (χ4v) is 3.83. The fraction of sp³-hybridized carbons (Fsp3) is 1.00. The van der Waals surface area contributed by atoms with Crippen LogP contribution in [0.4, 0.5) is 0 Å². The number of hydrogen-bond donors (Lipinski definition) is 0. The van der Waals surface area contributed by atoms with Crippen LogP contribution in [0.5, 0.6) is 0 Å². The van der Waals surface area contributed by atoms with Crippen LogP contribution in [0.1, 0.15) is 59.8 Å². The number of piperidine rings is 1. The van der Waals surface area contributed by atoms with Crippen molar-refractivity contribution in [3.05, 3.63) is 0 Å². The molecule has 0 aromatic rings. The van der Waals surface area contributed by atoms with Crippen molar-refractivity contribution < 1.29 is 0 Å². The van der Waals surface area contributed by atoms with E-state index >= 15 is 0 Å². The highest BCUT2D eigenvalue weighted by molar-refractivity contribution is 4.88. The van der Waals surface area contributed by atoms with E-state index in [9.17, 15) is 0 Å². The molecule has 0 bridgehead atoms. The predicted octanol–water partition coefficient (Wildman–Crippen LogP) is 3.37. The number of likely N-dealkylation sites (tertiary alicyclic amines) is 2. The maximum Gasteiger partial charge on any atom is 0.0155 e. The van der Waals surface area contributed by atoms with Gasteiger partial charge in [-0.05, 0) is 91.9 Å². The van der Waals surface area contributed by atoms with E-state index < -0.39 is 0 Å². The van der Waals surface area contributed by atoms with Gasteiger partial charge >= 0.3 is 0 Å². The van der Waals surface area contributed by atoms with Gasteiger partial charge in [0.25, 0.3) is 0 Å². The third-order valence-corrected chi connectivity index (χ3v) is 5.13. The number of hydrogen-bond acceptors (Lipinski definition) is 2. The Morgan fingerprint density at radius 2 is 1.56 bits per heavy atom. The van der Waals surface area contributed by atoms with E-state index in [0.717, 1.165) is 12.0 Å². The molecule has 0 spiro atoms. The first-order valence-corrected chi connectivity index (χ1v) is 7.98. The van der Waals surface area contributed by atoms with Gasteiger partial charge in [-0.25, -0.2) is 0 Å². The molecule has 18 heavy (non-hydrogen) atoms. The zero-order chi connectivity index (χ0) is 13.2. The lowest BCUT2D eigenvalue weighted by Gasteiger charge is -2.41. The average Bonchev–Trinajstić information content (AvgIpc) is 2.83. The molecule has 0 aromatic heterocycles. The topological polar surface area (TPSA) is 6.48 Å². The van der Waals surface area contributed by atoms with Gasteiger partial charge in [0.15, 0.2) is 0 Å². The summed E-state index contributed by atoms with van der Waals surface area (Å²) in [5.41, 5.74) is 0.432. The molecule has 0 N–H and O–H groups in total. The maximum atomic E-state index is 2.72. The monoisotopic (exact) mass is 252 g/mol. The molecule has 2 fully saturated rings. The first-order chi connectivity index (χ1) is 8.49. The summed E-state index contributed by atoms with van der Waals surface area (Å²) in [5, 5.41) is 0. The van der Waals surface area contributed by atoms with Crippen molar-refractivity contribution in [3.8, 4) is 0 Å². The summed E-state index contributed by atoms with van der Waals surface area (Å²) in [4.78, 5) is 5.36. The zero-order valence-electron chi connectivity index (χ0n) is 12.9. The van der Waals surface area contributed by atoms with E-state index in [2.05, 4.69) is 37.5 Å². The molecule has 0 amide bonds. The van der Waals surface area contributed by atoms with Crippen molar-refractivity contribution in [1.82, 2.24) is 9.80 Å². The number of rotatable bonds is 4. The second kappa shape index (κ2) is 5.92. The minimum Gasteiger partial charge on any atom is -0.301 e. The highest BCUT2D eigenvalue weighted by atomic mass is 15.2. The van der Waals surface area contributed by atoms with Crippen molar-refractivity contribution in [2.75, 3.05) is 26.2 Å². The molecule has 2 heteroatoms. The molecule has 2 aliphatic heterocycles. The Hall–Kier alpha value is -0.0800. The smallest absolute Gasteiger partial charge is 0.0155 e. The van der Waals surface area contributed by atoms with Crippen LogP contribution >= 0.6 is 0 Å². The molecule has 2 heterocycles. The minimum atomic E-state index is 0.432. The molecule has 2 nitrogen and oxygen atoms in total. The van der Waals surface area contributed by atoms with Crippen molar-refractivity contribution in [3.63, 3.8) is 0 Å². The summed E-state index contributed by atoms with van der Waals surface area (Å²) in [6.45, 7) is 14.9. The van der Waals surface area contributed by atoms with Crippen molar-refractivity contribution in [2.45, 2.75) is 71.4 Å². The minimum absolute atomic E-state index is 0.432. The van der Waals surface area contributed by atoms with Gasteiger partial charge in [-0.2, -0.15) is 0 Å². The van der Waals surface area contributed by atoms with Gasteiger partial charge in [-0.1, -0.05) is 0 Å². The summed E-state index contributed by atoms with van der Waals surface area (Å²) >= 11 is 0. The van der Waals surface area contributed by atoms with Crippen LogP contribution in [0.2, 0.25) is 0 Å². The Balaban J connectivity index is 1.80. The molecule has 0 unspecified atom stereocenters. The normalized spacial score (nSPS) is 25.2. The van der Waals surface area contributed by atoms with Gasteiger partial charge in [0.1, 0.15) is 0 Å². The highest BCUT2D eigenvalue weighted by Gasteiger charge is 2.32. The summed E-state index contributed by atoms with van der Waals surface area (Å²) in [6, 6.07) is 0.734. The molecule has 2 rings (SSSR count). The third kappa shape index (κ3) is 3.48. The average molecular weight is 252 g/mol. The van der Waals surface area contributed by atoms with Crippen molar-refractivity contribution in [1.29, 1.82) is 0 Å². The molecule has 0 aliphatic carbocycles. The summed E-state index contributed by atoms with van der Waals surface area (Å²) in [6.07, 6.45) is 7.05. The first kappa shape index (κ1) is 14.3. The van der Waals surface area contributed by atoms with Crippen LogP contribution in [0.25, 0.3) is 0 Å². The highest BCUT2D eigenvalue weighted by Crippen LogP contribution is 2.32. The molecule has 2 saturated heterocycles. The Kier molecular flexibility index (Phi) is 4.71.